The molecule has 2 aromatic rings. The van der Waals surface area contributed by atoms with E-state index in [9.17, 15) is 0 Å². The lowest BCUT2D eigenvalue weighted by atomic mass is 10.2. The topological polar surface area (TPSA) is 51.8 Å². The average Bonchev–Trinajstić information content (AvgIpc) is 2.52. The van der Waals surface area contributed by atoms with E-state index < -0.39 is 0 Å². The lowest BCUT2D eigenvalue weighted by molar-refractivity contribution is 1.33. The predicted octanol–water partition coefficient (Wildman–Crippen LogP) is 2.10. The van der Waals surface area contributed by atoms with Crippen LogP contribution < -0.4 is 5.73 Å². The lowest BCUT2D eigenvalue weighted by Crippen LogP contribution is -1.86. The van der Waals surface area contributed by atoms with Gasteiger partial charge >= 0.3 is 0 Å². The van der Waals surface area contributed by atoms with Crippen LogP contribution in [0.5, 0.6) is 0 Å². The van der Waals surface area contributed by atoms with Crippen molar-refractivity contribution in [2.24, 2.45) is 0 Å². The minimum absolute atomic E-state index is 0.684. The summed E-state index contributed by atoms with van der Waals surface area (Å²) in [6.45, 7) is 1.97. The van der Waals surface area contributed by atoms with Crippen molar-refractivity contribution in [3.63, 3.8) is 0 Å². The molecule has 13 heavy (non-hydrogen) atoms. The summed E-state index contributed by atoms with van der Waals surface area (Å²) in [5, 5.41) is 0. The highest BCUT2D eigenvalue weighted by molar-refractivity contribution is 7.09. The van der Waals surface area contributed by atoms with Gasteiger partial charge in [0.25, 0.3) is 0 Å². The number of aromatic nitrogens is 2. The van der Waals surface area contributed by atoms with E-state index in [1.165, 1.54) is 11.5 Å². The maximum Gasteiger partial charge on any atom is 0.0568 e. The third kappa shape index (κ3) is 1.67. The van der Waals surface area contributed by atoms with Gasteiger partial charge in [-0.25, -0.2) is 0 Å². The van der Waals surface area contributed by atoms with E-state index in [4.69, 9.17) is 5.73 Å². The highest BCUT2D eigenvalue weighted by atomic mass is 32.1. The van der Waals surface area contributed by atoms with Crippen molar-refractivity contribution < 1.29 is 0 Å². The van der Waals surface area contributed by atoms with Crippen LogP contribution in [-0.2, 0) is 0 Å². The van der Waals surface area contributed by atoms with Gasteiger partial charge in [0.1, 0.15) is 0 Å². The highest BCUT2D eigenvalue weighted by Gasteiger charge is 2.01. The zero-order chi connectivity index (χ0) is 9.26. The zero-order valence-electron chi connectivity index (χ0n) is 7.19. The van der Waals surface area contributed by atoms with Gasteiger partial charge in [0.15, 0.2) is 0 Å². The van der Waals surface area contributed by atoms with Crippen LogP contribution in [0.1, 0.15) is 5.69 Å². The Bertz CT molecular complexity index is 422. The van der Waals surface area contributed by atoms with E-state index in [-0.39, 0.29) is 0 Å². The summed E-state index contributed by atoms with van der Waals surface area (Å²) in [5.41, 5.74) is 8.37. The molecule has 0 aliphatic heterocycles. The Kier molecular flexibility index (Phi) is 1.98. The molecule has 0 aliphatic rings. The minimum atomic E-state index is 0.684. The normalized spacial score (nSPS) is 10.2. The molecule has 0 fully saturated rings. The van der Waals surface area contributed by atoms with Crippen molar-refractivity contribution in [2.75, 3.05) is 5.73 Å². The first-order valence-corrected chi connectivity index (χ1v) is 4.67. The molecule has 3 nitrogen and oxygen atoms in total. The average molecular weight is 191 g/mol. The van der Waals surface area contributed by atoms with Crippen LogP contribution in [0.2, 0.25) is 0 Å². The third-order valence-corrected chi connectivity index (χ3v) is 2.60. The first-order chi connectivity index (χ1) is 6.25. The summed E-state index contributed by atoms with van der Waals surface area (Å²) >= 11 is 1.47. The van der Waals surface area contributed by atoms with E-state index >= 15 is 0 Å². The molecule has 0 radical (unpaired) electrons. The number of nitrogens with zero attached hydrogens (tertiary/aromatic N) is 2. The van der Waals surface area contributed by atoms with Gasteiger partial charge in [-0.2, -0.15) is 4.37 Å². The van der Waals surface area contributed by atoms with E-state index in [0.717, 1.165) is 16.1 Å². The van der Waals surface area contributed by atoms with Gasteiger partial charge in [0.05, 0.1) is 16.3 Å². The Labute approximate surface area is 80.4 Å². The number of pyridine rings is 1. The minimum Gasteiger partial charge on any atom is -0.397 e. The van der Waals surface area contributed by atoms with Gasteiger partial charge in [0, 0.05) is 18.0 Å². The molecule has 2 N–H and O–H groups in total. The van der Waals surface area contributed by atoms with E-state index in [1.807, 2.05) is 19.1 Å². The molecule has 0 amide bonds. The second-order valence-electron chi connectivity index (χ2n) is 2.84. The molecule has 0 saturated carbocycles. The van der Waals surface area contributed by atoms with Crippen molar-refractivity contribution in [2.45, 2.75) is 6.92 Å². The third-order valence-electron chi connectivity index (χ3n) is 1.67. The van der Waals surface area contributed by atoms with Crippen LogP contribution in [0.4, 0.5) is 5.69 Å². The molecule has 0 aliphatic carbocycles. The molecule has 2 rings (SSSR count). The van der Waals surface area contributed by atoms with Crippen LogP contribution in [0, 0.1) is 6.92 Å². The number of aryl methyl sites for hydroxylation is 1. The highest BCUT2D eigenvalue weighted by Crippen LogP contribution is 2.24. The Balaban J connectivity index is 2.46. The van der Waals surface area contributed by atoms with Crippen LogP contribution >= 0.6 is 11.5 Å². The number of hydrogen-bond donors (Lipinski definition) is 1. The molecule has 0 spiro atoms. The number of nitrogen functional groups attached to an aromatic ring is 1. The van der Waals surface area contributed by atoms with E-state index in [2.05, 4.69) is 9.36 Å². The van der Waals surface area contributed by atoms with Crippen molar-refractivity contribution >= 4 is 17.2 Å². The fourth-order valence-corrected chi connectivity index (χ4v) is 1.83. The fourth-order valence-electron chi connectivity index (χ4n) is 1.09. The summed E-state index contributed by atoms with van der Waals surface area (Å²) in [6.07, 6.45) is 3.43. The van der Waals surface area contributed by atoms with Gasteiger partial charge in [-0.3, -0.25) is 4.98 Å². The first-order valence-electron chi connectivity index (χ1n) is 3.90. The fraction of sp³-hybridized carbons (Fsp3) is 0.111. The number of hydrogen-bond acceptors (Lipinski definition) is 4. The molecule has 4 heteroatoms. The van der Waals surface area contributed by atoms with Crippen LogP contribution in [0.3, 0.4) is 0 Å². The smallest absolute Gasteiger partial charge is 0.0568 e. The monoisotopic (exact) mass is 191 g/mol. The standard InChI is InChI=1S/C9H9N3S/c1-6-2-9(13-12-6)7-3-8(10)5-11-4-7/h2-5H,10H2,1H3. The maximum absolute atomic E-state index is 5.62. The van der Waals surface area contributed by atoms with Crippen molar-refractivity contribution in [1.29, 1.82) is 0 Å². The molecule has 66 valence electrons. The van der Waals surface area contributed by atoms with Crippen molar-refractivity contribution in [3.05, 3.63) is 30.2 Å². The largest absolute Gasteiger partial charge is 0.397 e. The molecule has 2 aromatic heterocycles. The second-order valence-corrected chi connectivity index (χ2v) is 3.64. The van der Waals surface area contributed by atoms with E-state index in [0.29, 0.717) is 5.69 Å². The number of rotatable bonds is 1. The van der Waals surface area contributed by atoms with Crippen LogP contribution in [0.25, 0.3) is 10.4 Å². The van der Waals surface area contributed by atoms with Crippen molar-refractivity contribution in [3.8, 4) is 10.4 Å². The number of nitrogens with two attached hydrogens (primary N) is 1. The van der Waals surface area contributed by atoms with E-state index in [1.54, 1.807) is 12.4 Å². The molecule has 0 atom stereocenters. The summed E-state index contributed by atoms with van der Waals surface area (Å²) in [5.74, 6) is 0. The summed E-state index contributed by atoms with van der Waals surface area (Å²) in [7, 11) is 0. The molecule has 0 unspecified atom stereocenters. The van der Waals surface area contributed by atoms with Gasteiger partial charge in [0.2, 0.25) is 0 Å². The summed E-state index contributed by atoms with van der Waals surface area (Å²) < 4.78 is 4.20. The quantitative estimate of drug-likeness (QED) is 0.751. The molecule has 0 saturated heterocycles. The number of anilines is 1. The first kappa shape index (κ1) is 8.19. The summed E-state index contributed by atoms with van der Waals surface area (Å²) in [4.78, 5) is 5.13. The Morgan fingerprint density at radius 3 is 2.77 bits per heavy atom. The van der Waals surface area contributed by atoms with Crippen LogP contribution in [0.15, 0.2) is 24.5 Å². The predicted molar refractivity (Wildman–Crippen MR) is 54.5 cm³/mol. The van der Waals surface area contributed by atoms with Gasteiger partial charge in [-0.1, -0.05) is 0 Å². The zero-order valence-corrected chi connectivity index (χ0v) is 8.01. The summed E-state index contributed by atoms with van der Waals surface area (Å²) in [6, 6.07) is 3.93. The molecule has 0 aromatic carbocycles. The lowest BCUT2D eigenvalue weighted by Gasteiger charge is -1.96. The molecular weight excluding hydrogens is 182 g/mol. The Morgan fingerprint density at radius 2 is 2.15 bits per heavy atom. The molecular formula is C9H9N3S. The molecule has 2 heterocycles. The van der Waals surface area contributed by atoms with Crippen LogP contribution in [-0.4, -0.2) is 9.36 Å². The SMILES string of the molecule is Cc1cc(-c2cncc(N)c2)sn1. The second kappa shape index (κ2) is 3.14. The van der Waals surface area contributed by atoms with Gasteiger partial charge in [-0.15, -0.1) is 0 Å². The van der Waals surface area contributed by atoms with Gasteiger partial charge < -0.3 is 5.73 Å². The molecule has 0 bridgehead atoms. The van der Waals surface area contributed by atoms with Gasteiger partial charge in [-0.05, 0) is 30.6 Å². The Hall–Kier alpha value is -1.42. The Morgan fingerprint density at radius 1 is 1.31 bits per heavy atom. The van der Waals surface area contributed by atoms with Crippen molar-refractivity contribution in [1.82, 2.24) is 9.36 Å². The maximum atomic E-state index is 5.62.